The standard InChI is InChI=1S/C12H27NO3Si/c1-6-14-17(15-7-2,16-8-3)11-9-10-13-12(4)5/h13H,4,6-11H2,1-3,5H3. The van der Waals surface area contributed by atoms with Gasteiger partial charge in [0.05, 0.1) is 0 Å². The predicted octanol–water partition coefficient (Wildman–Crippen LogP) is 2.55. The summed E-state index contributed by atoms with van der Waals surface area (Å²) in [4.78, 5) is 0. The molecular weight excluding hydrogens is 234 g/mol. The van der Waals surface area contributed by atoms with E-state index >= 15 is 0 Å². The molecule has 0 amide bonds. The molecule has 0 aliphatic rings. The van der Waals surface area contributed by atoms with Crippen LogP contribution in [0, 0.1) is 0 Å². The molecule has 0 aliphatic heterocycles. The summed E-state index contributed by atoms with van der Waals surface area (Å²) in [5.74, 6) is 0. The molecule has 0 aromatic carbocycles. The van der Waals surface area contributed by atoms with E-state index in [1.54, 1.807) is 0 Å². The molecule has 0 aromatic rings. The minimum atomic E-state index is -2.44. The third-order valence-corrected chi connectivity index (χ3v) is 5.33. The van der Waals surface area contributed by atoms with Gasteiger partial charge >= 0.3 is 8.80 Å². The van der Waals surface area contributed by atoms with Gasteiger partial charge in [-0.2, -0.15) is 0 Å². The first kappa shape index (κ1) is 16.6. The van der Waals surface area contributed by atoms with Gasteiger partial charge in [-0.05, 0) is 34.1 Å². The number of nitrogens with one attached hydrogen (secondary N) is 1. The Labute approximate surface area is 107 Å². The predicted molar refractivity (Wildman–Crippen MR) is 72.9 cm³/mol. The van der Waals surface area contributed by atoms with Crippen LogP contribution in [-0.4, -0.2) is 35.2 Å². The fourth-order valence-electron chi connectivity index (χ4n) is 1.61. The van der Waals surface area contributed by atoms with Crippen molar-refractivity contribution in [3.05, 3.63) is 12.3 Å². The van der Waals surface area contributed by atoms with Gasteiger partial charge in [0, 0.05) is 38.1 Å². The van der Waals surface area contributed by atoms with Crippen molar-refractivity contribution in [1.82, 2.24) is 5.32 Å². The second kappa shape index (κ2) is 9.64. The Kier molecular flexibility index (Phi) is 9.44. The van der Waals surface area contributed by atoms with E-state index in [-0.39, 0.29) is 0 Å². The first-order valence-corrected chi connectivity index (χ1v) is 8.34. The van der Waals surface area contributed by atoms with E-state index in [4.69, 9.17) is 13.3 Å². The first-order valence-electron chi connectivity index (χ1n) is 6.41. The minimum Gasteiger partial charge on any atom is -0.389 e. The highest BCUT2D eigenvalue weighted by Gasteiger charge is 2.39. The fourth-order valence-corrected chi connectivity index (χ4v) is 4.22. The molecule has 0 aliphatic carbocycles. The van der Waals surface area contributed by atoms with E-state index < -0.39 is 8.80 Å². The second-order valence-corrected chi connectivity index (χ2v) is 6.52. The van der Waals surface area contributed by atoms with E-state index in [2.05, 4.69) is 11.9 Å². The molecule has 0 bridgehead atoms. The van der Waals surface area contributed by atoms with Gasteiger partial charge < -0.3 is 18.6 Å². The van der Waals surface area contributed by atoms with Crippen LogP contribution in [-0.2, 0) is 13.3 Å². The number of allylic oxidation sites excluding steroid dienone is 1. The molecule has 0 radical (unpaired) electrons. The fraction of sp³-hybridized carbons (Fsp3) is 0.833. The Bertz CT molecular complexity index is 195. The Hall–Kier alpha value is -0.363. The summed E-state index contributed by atoms with van der Waals surface area (Å²) in [6.07, 6.45) is 0.971. The van der Waals surface area contributed by atoms with Crippen LogP contribution in [0.5, 0.6) is 0 Å². The topological polar surface area (TPSA) is 39.7 Å². The average molecular weight is 261 g/mol. The van der Waals surface area contributed by atoms with Crippen molar-refractivity contribution < 1.29 is 13.3 Å². The van der Waals surface area contributed by atoms with Crippen LogP contribution >= 0.6 is 0 Å². The summed E-state index contributed by atoms with van der Waals surface area (Å²) in [6.45, 7) is 14.5. The maximum atomic E-state index is 5.76. The lowest BCUT2D eigenvalue weighted by Crippen LogP contribution is -2.46. The van der Waals surface area contributed by atoms with Crippen molar-refractivity contribution in [3.63, 3.8) is 0 Å². The zero-order valence-corrected chi connectivity index (χ0v) is 12.7. The molecule has 0 fully saturated rings. The van der Waals surface area contributed by atoms with E-state index in [1.807, 2.05) is 27.7 Å². The molecule has 4 nitrogen and oxygen atoms in total. The van der Waals surface area contributed by atoms with Gasteiger partial charge in [-0.3, -0.25) is 0 Å². The lowest BCUT2D eigenvalue weighted by molar-refractivity contribution is 0.0709. The third kappa shape index (κ3) is 7.54. The maximum Gasteiger partial charge on any atom is 0.500 e. The van der Waals surface area contributed by atoms with Crippen molar-refractivity contribution in [1.29, 1.82) is 0 Å². The lowest BCUT2D eigenvalue weighted by atomic mass is 10.4. The molecule has 0 saturated carbocycles. The Balaban J connectivity index is 4.18. The highest BCUT2D eigenvalue weighted by Crippen LogP contribution is 2.17. The monoisotopic (exact) mass is 261 g/mol. The summed E-state index contributed by atoms with van der Waals surface area (Å²) < 4.78 is 17.3. The molecule has 17 heavy (non-hydrogen) atoms. The molecule has 0 unspecified atom stereocenters. The summed E-state index contributed by atoms with van der Waals surface area (Å²) >= 11 is 0. The van der Waals surface area contributed by atoms with E-state index in [0.29, 0.717) is 19.8 Å². The zero-order valence-electron chi connectivity index (χ0n) is 11.7. The molecule has 0 aromatic heterocycles. The normalized spacial score (nSPS) is 11.5. The number of hydrogen-bond donors (Lipinski definition) is 1. The first-order chi connectivity index (χ1) is 8.10. The van der Waals surface area contributed by atoms with Gasteiger partial charge in [0.1, 0.15) is 0 Å². The number of hydrogen-bond acceptors (Lipinski definition) is 4. The average Bonchev–Trinajstić information content (AvgIpc) is 2.25. The molecule has 5 heteroatoms. The van der Waals surface area contributed by atoms with Crippen molar-refractivity contribution in [2.24, 2.45) is 0 Å². The van der Waals surface area contributed by atoms with Gasteiger partial charge in [0.25, 0.3) is 0 Å². The van der Waals surface area contributed by atoms with Crippen LogP contribution in [0.4, 0.5) is 0 Å². The Morgan fingerprint density at radius 2 is 1.53 bits per heavy atom. The smallest absolute Gasteiger partial charge is 0.389 e. The van der Waals surface area contributed by atoms with Crippen LogP contribution in [0.15, 0.2) is 12.3 Å². The zero-order chi connectivity index (χ0) is 13.1. The van der Waals surface area contributed by atoms with E-state index in [1.165, 1.54) is 0 Å². The Morgan fingerprint density at radius 1 is 1.06 bits per heavy atom. The third-order valence-electron chi connectivity index (χ3n) is 2.18. The summed E-state index contributed by atoms with van der Waals surface area (Å²) in [7, 11) is -2.44. The lowest BCUT2D eigenvalue weighted by Gasteiger charge is -2.28. The number of rotatable bonds is 11. The van der Waals surface area contributed by atoms with Crippen LogP contribution < -0.4 is 5.32 Å². The summed E-state index contributed by atoms with van der Waals surface area (Å²) in [5, 5.41) is 3.21. The van der Waals surface area contributed by atoms with Gasteiger partial charge in [-0.1, -0.05) is 6.58 Å². The molecule has 1 N–H and O–H groups in total. The van der Waals surface area contributed by atoms with E-state index in [9.17, 15) is 0 Å². The van der Waals surface area contributed by atoms with Gasteiger partial charge in [0.2, 0.25) is 0 Å². The highest BCUT2D eigenvalue weighted by molar-refractivity contribution is 6.60. The molecule has 0 saturated heterocycles. The molecule has 102 valence electrons. The molecule has 0 atom stereocenters. The quantitative estimate of drug-likeness (QED) is 0.458. The van der Waals surface area contributed by atoms with Crippen LogP contribution in [0.3, 0.4) is 0 Å². The Morgan fingerprint density at radius 3 is 1.88 bits per heavy atom. The summed E-state index contributed by atoms with van der Waals surface area (Å²) in [5.41, 5.74) is 0.987. The second-order valence-electron chi connectivity index (χ2n) is 3.79. The molecule has 0 heterocycles. The SMILES string of the molecule is C=C(C)NCCC[Si](OCC)(OCC)OCC. The molecule has 0 spiro atoms. The summed E-state index contributed by atoms with van der Waals surface area (Å²) in [6, 6.07) is 0.850. The van der Waals surface area contributed by atoms with Crippen molar-refractivity contribution in [2.75, 3.05) is 26.4 Å². The van der Waals surface area contributed by atoms with Crippen molar-refractivity contribution >= 4 is 8.80 Å². The molecular formula is C12H27NO3Si. The van der Waals surface area contributed by atoms with Crippen LogP contribution in [0.1, 0.15) is 34.1 Å². The minimum absolute atomic E-state index is 0.639. The van der Waals surface area contributed by atoms with E-state index in [0.717, 1.165) is 24.7 Å². The van der Waals surface area contributed by atoms with Crippen LogP contribution in [0.2, 0.25) is 6.04 Å². The van der Waals surface area contributed by atoms with Gasteiger partial charge in [0.15, 0.2) is 0 Å². The van der Waals surface area contributed by atoms with Gasteiger partial charge in [-0.25, -0.2) is 0 Å². The maximum absolute atomic E-state index is 5.76. The van der Waals surface area contributed by atoms with Gasteiger partial charge in [-0.15, -0.1) is 0 Å². The highest BCUT2D eigenvalue weighted by atomic mass is 28.4. The largest absolute Gasteiger partial charge is 0.500 e. The molecule has 0 rings (SSSR count). The van der Waals surface area contributed by atoms with Crippen molar-refractivity contribution in [3.8, 4) is 0 Å². The van der Waals surface area contributed by atoms with Crippen molar-refractivity contribution in [2.45, 2.75) is 40.2 Å². The van der Waals surface area contributed by atoms with Crippen LogP contribution in [0.25, 0.3) is 0 Å².